The van der Waals surface area contributed by atoms with E-state index in [1.807, 2.05) is 6.92 Å². The van der Waals surface area contributed by atoms with Crippen molar-refractivity contribution in [3.63, 3.8) is 0 Å². The third-order valence-corrected chi connectivity index (χ3v) is 1.15. The van der Waals surface area contributed by atoms with Crippen molar-refractivity contribution in [1.82, 2.24) is 0 Å². The van der Waals surface area contributed by atoms with Crippen LogP contribution in [0.25, 0.3) is 0 Å². The molecule has 0 aromatic rings. The van der Waals surface area contributed by atoms with Crippen molar-refractivity contribution in [2.45, 2.75) is 19.8 Å². The van der Waals surface area contributed by atoms with Gasteiger partial charge in [0.1, 0.15) is 0 Å². The van der Waals surface area contributed by atoms with Crippen molar-refractivity contribution < 1.29 is 4.79 Å². The molecular formula is C8H12O. The van der Waals surface area contributed by atoms with Gasteiger partial charge in [-0.25, -0.2) is 0 Å². The molecule has 1 nitrogen and oxygen atoms in total. The summed E-state index contributed by atoms with van der Waals surface area (Å²) in [5.41, 5.74) is 0.972. The van der Waals surface area contributed by atoms with E-state index in [2.05, 4.69) is 13.2 Å². The second kappa shape index (κ2) is 4.07. The Hall–Kier alpha value is -0.850. The monoisotopic (exact) mass is 124 g/mol. The van der Waals surface area contributed by atoms with Crippen molar-refractivity contribution >= 4 is 5.78 Å². The number of carbonyl (C=O) groups excluding carboxylic acids is 1. The maximum Gasteiger partial charge on any atom is 0.159 e. The Balaban J connectivity index is 3.59. The maximum absolute atomic E-state index is 10.6. The summed E-state index contributed by atoms with van der Waals surface area (Å²) in [6.45, 7) is 9.03. The lowest BCUT2D eigenvalue weighted by molar-refractivity contribution is -0.114. The lowest BCUT2D eigenvalue weighted by Gasteiger charge is -1.94. The molecule has 0 spiro atoms. The summed E-state index contributed by atoms with van der Waals surface area (Å²) >= 11 is 0. The predicted octanol–water partition coefficient (Wildman–Crippen LogP) is 2.10. The van der Waals surface area contributed by atoms with Crippen LogP contribution in [-0.2, 0) is 4.79 Å². The van der Waals surface area contributed by atoms with Crippen LogP contribution in [0.3, 0.4) is 0 Å². The Labute approximate surface area is 56.1 Å². The van der Waals surface area contributed by atoms with Gasteiger partial charge in [-0.1, -0.05) is 25.7 Å². The van der Waals surface area contributed by atoms with Gasteiger partial charge >= 0.3 is 0 Å². The highest BCUT2D eigenvalue weighted by Crippen LogP contribution is 2.02. The van der Waals surface area contributed by atoms with Crippen molar-refractivity contribution in [2.24, 2.45) is 0 Å². The molecular weight excluding hydrogens is 112 g/mol. The number of ketones is 1. The second-order valence-electron chi connectivity index (χ2n) is 1.95. The van der Waals surface area contributed by atoms with Crippen molar-refractivity contribution in [3.05, 3.63) is 24.8 Å². The molecule has 0 aliphatic rings. The zero-order valence-electron chi connectivity index (χ0n) is 5.81. The Kier molecular flexibility index (Phi) is 3.69. The summed E-state index contributed by atoms with van der Waals surface area (Å²) in [6, 6.07) is 0. The smallest absolute Gasteiger partial charge is 0.159 e. The average molecular weight is 124 g/mol. The Bertz CT molecular complexity index is 134. The van der Waals surface area contributed by atoms with E-state index in [4.69, 9.17) is 0 Å². The van der Waals surface area contributed by atoms with Gasteiger partial charge in [-0.2, -0.15) is 0 Å². The average Bonchev–Trinajstić information content (AvgIpc) is 1.87. The number of rotatable bonds is 4. The quantitative estimate of drug-likeness (QED) is 0.414. The maximum atomic E-state index is 10.6. The van der Waals surface area contributed by atoms with E-state index >= 15 is 0 Å². The molecule has 0 unspecified atom stereocenters. The van der Waals surface area contributed by atoms with E-state index in [-0.39, 0.29) is 5.78 Å². The highest BCUT2D eigenvalue weighted by molar-refractivity contribution is 5.90. The third kappa shape index (κ3) is 3.71. The summed E-state index contributed by atoms with van der Waals surface area (Å²) in [7, 11) is 0. The van der Waals surface area contributed by atoms with Gasteiger partial charge < -0.3 is 0 Å². The summed E-state index contributed by atoms with van der Waals surface area (Å²) in [5, 5.41) is 0. The highest BCUT2D eigenvalue weighted by atomic mass is 16.1. The number of carbonyl (C=O) groups is 1. The molecule has 9 heavy (non-hydrogen) atoms. The molecule has 0 amide bonds. The Morgan fingerprint density at radius 3 is 2.56 bits per heavy atom. The van der Waals surface area contributed by atoms with Gasteiger partial charge in [-0.3, -0.25) is 4.79 Å². The molecule has 0 heterocycles. The topological polar surface area (TPSA) is 17.1 Å². The predicted molar refractivity (Wildman–Crippen MR) is 39.3 cm³/mol. The molecule has 0 saturated heterocycles. The number of hydrogen-bond donors (Lipinski definition) is 0. The van der Waals surface area contributed by atoms with E-state index in [9.17, 15) is 4.79 Å². The molecule has 0 atom stereocenters. The minimum atomic E-state index is 0.0573. The molecule has 0 rings (SSSR count). The van der Waals surface area contributed by atoms with Gasteiger partial charge in [0.15, 0.2) is 5.78 Å². The lowest BCUT2D eigenvalue weighted by atomic mass is 10.1. The van der Waals surface area contributed by atoms with Crippen LogP contribution in [0.15, 0.2) is 24.8 Å². The minimum absolute atomic E-state index is 0.0573. The summed E-state index contributed by atoms with van der Waals surface area (Å²) in [4.78, 5) is 10.6. The fraction of sp³-hybridized carbons (Fsp3) is 0.375. The SMILES string of the molecule is C=CC(=O)CC(=C)CC. The molecule has 0 aliphatic carbocycles. The summed E-state index contributed by atoms with van der Waals surface area (Å²) in [5.74, 6) is 0.0573. The van der Waals surface area contributed by atoms with Crippen LogP contribution < -0.4 is 0 Å². The zero-order valence-corrected chi connectivity index (χ0v) is 5.81. The van der Waals surface area contributed by atoms with Gasteiger partial charge in [-0.15, -0.1) is 0 Å². The van der Waals surface area contributed by atoms with E-state index < -0.39 is 0 Å². The molecule has 0 bridgehead atoms. The van der Waals surface area contributed by atoms with Gasteiger partial charge in [0, 0.05) is 6.42 Å². The first-order chi connectivity index (χ1) is 4.20. The van der Waals surface area contributed by atoms with Crippen LogP contribution in [0.2, 0.25) is 0 Å². The highest BCUT2D eigenvalue weighted by Gasteiger charge is 1.95. The molecule has 0 aromatic carbocycles. The molecule has 0 radical (unpaired) electrons. The first kappa shape index (κ1) is 8.15. The van der Waals surface area contributed by atoms with Crippen LogP contribution in [-0.4, -0.2) is 5.78 Å². The Morgan fingerprint density at radius 1 is 1.67 bits per heavy atom. The molecule has 0 aliphatic heterocycles. The third-order valence-electron chi connectivity index (χ3n) is 1.15. The molecule has 50 valence electrons. The van der Waals surface area contributed by atoms with E-state index in [1.165, 1.54) is 6.08 Å². The summed E-state index contributed by atoms with van der Waals surface area (Å²) in [6.07, 6.45) is 2.67. The molecule has 1 heteroatoms. The lowest BCUT2D eigenvalue weighted by Crippen LogP contribution is -1.92. The standard InChI is InChI=1S/C8H12O/c1-4-7(3)6-8(9)5-2/h5H,2-4,6H2,1H3. The van der Waals surface area contributed by atoms with Crippen molar-refractivity contribution in [2.75, 3.05) is 0 Å². The molecule has 0 aromatic heterocycles. The van der Waals surface area contributed by atoms with Crippen LogP contribution in [0.1, 0.15) is 19.8 Å². The van der Waals surface area contributed by atoms with Gasteiger partial charge in [0.05, 0.1) is 0 Å². The normalized spacial score (nSPS) is 8.56. The Morgan fingerprint density at radius 2 is 2.22 bits per heavy atom. The molecule has 0 fully saturated rings. The van der Waals surface area contributed by atoms with E-state index in [0.717, 1.165) is 12.0 Å². The van der Waals surface area contributed by atoms with Gasteiger partial charge in [0.2, 0.25) is 0 Å². The van der Waals surface area contributed by atoms with E-state index in [1.54, 1.807) is 0 Å². The fourth-order valence-electron chi connectivity index (χ4n) is 0.444. The molecule has 0 saturated carbocycles. The van der Waals surface area contributed by atoms with E-state index in [0.29, 0.717) is 6.42 Å². The van der Waals surface area contributed by atoms with Crippen LogP contribution >= 0.6 is 0 Å². The van der Waals surface area contributed by atoms with Gasteiger partial charge in [0.25, 0.3) is 0 Å². The zero-order chi connectivity index (χ0) is 7.28. The molecule has 0 N–H and O–H groups in total. The van der Waals surface area contributed by atoms with Crippen LogP contribution in [0.5, 0.6) is 0 Å². The van der Waals surface area contributed by atoms with Crippen LogP contribution in [0, 0.1) is 0 Å². The largest absolute Gasteiger partial charge is 0.295 e. The number of allylic oxidation sites excluding steroid dienone is 2. The van der Waals surface area contributed by atoms with Crippen molar-refractivity contribution in [3.8, 4) is 0 Å². The van der Waals surface area contributed by atoms with Gasteiger partial charge in [-0.05, 0) is 12.5 Å². The second-order valence-corrected chi connectivity index (χ2v) is 1.95. The summed E-state index contributed by atoms with van der Waals surface area (Å²) < 4.78 is 0. The first-order valence-electron chi connectivity index (χ1n) is 3.02. The van der Waals surface area contributed by atoms with Crippen LogP contribution in [0.4, 0.5) is 0 Å². The van der Waals surface area contributed by atoms with Crippen molar-refractivity contribution in [1.29, 1.82) is 0 Å². The first-order valence-corrected chi connectivity index (χ1v) is 3.02. The fourth-order valence-corrected chi connectivity index (χ4v) is 0.444. The minimum Gasteiger partial charge on any atom is -0.295 e. The number of hydrogen-bond acceptors (Lipinski definition) is 1.